The van der Waals surface area contributed by atoms with E-state index in [0.717, 1.165) is 0 Å². The molecule has 0 bridgehead atoms. The maximum absolute atomic E-state index is 13.2. The molecule has 3 rings (SSSR count). The van der Waals surface area contributed by atoms with Gasteiger partial charge in [0.1, 0.15) is 5.82 Å². The van der Waals surface area contributed by atoms with E-state index >= 15 is 0 Å². The zero-order chi connectivity index (χ0) is 17.5. The van der Waals surface area contributed by atoms with Crippen molar-refractivity contribution in [2.75, 3.05) is 16.4 Å². The van der Waals surface area contributed by atoms with Crippen LogP contribution in [0.1, 0.15) is 20.3 Å². The predicted octanol–water partition coefficient (Wildman–Crippen LogP) is 2.47. The topological polar surface area (TPSA) is 66.8 Å². The molecule has 2 fully saturated rings. The summed E-state index contributed by atoms with van der Waals surface area (Å²) in [5.74, 6) is -0.655. The summed E-state index contributed by atoms with van der Waals surface area (Å²) in [4.78, 5) is 18.2. The summed E-state index contributed by atoms with van der Waals surface area (Å²) < 4.78 is 37.1. The van der Waals surface area contributed by atoms with Gasteiger partial charge in [-0.15, -0.1) is 0 Å². The molecule has 0 N–H and O–H groups in total. The average Bonchev–Trinajstić information content (AvgIpc) is 2.98. The number of hydrogen-bond donors (Lipinski definition) is 0. The molecule has 3 atom stereocenters. The van der Waals surface area contributed by atoms with Crippen LogP contribution in [0.2, 0.25) is 0 Å². The number of sulfone groups is 1. The minimum Gasteiger partial charge on any atom is -0.316 e. The molecule has 1 aromatic carbocycles. The van der Waals surface area contributed by atoms with E-state index in [1.807, 2.05) is 13.8 Å². The van der Waals surface area contributed by atoms with Crippen LogP contribution >= 0.6 is 11.8 Å². The number of carbonyl (C=O) groups excluding carboxylic acids is 1. The van der Waals surface area contributed by atoms with E-state index in [1.54, 1.807) is 17.0 Å². The number of thioether (sulfide) groups is 1. The normalized spacial score (nSPS) is 28.1. The number of amides is 1. The minimum atomic E-state index is -3.10. The third-order valence-electron chi connectivity index (χ3n) is 4.41. The molecule has 130 valence electrons. The highest BCUT2D eigenvalue weighted by atomic mass is 32.2. The highest BCUT2D eigenvalue weighted by Gasteiger charge is 2.49. The van der Waals surface area contributed by atoms with Gasteiger partial charge in [0.05, 0.1) is 17.5 Å². The highest BCUT2D eigenvalue weighted by molar-refractivity contribution is 8.16. The number of amidine groups is 1. The first-order chi connectivity index (χ1) is 11.3. The van der Waals surface area contributed by atoms with Gasteiger partial charge in [-0.05, 0) is 30.7 Å². The molecule has 0 aliphatic carbocycles. The van der Waals surface area contributed by atoms with Gasteiger partial charge in [0.15, 0.2) is 15.0 Å². The van der Waals surface area contributed by atoms with Crippen LogP contribution in [0.4, 0.5) is 10.1 Å². The van der Waals surface area contributed by atoms with Crippen LogP contribution in [0, 0.1) is 11.7 Å². The Labute approximate surface area is 145 Å². The molecule has 1 aromatic rings. The average molecular weight is 370 g/mol. The van der Waals surface area contributed by atoms with Crippen molar-refractivity contribution in [2.45, 2.75) is 31.6 Å². The van der Waals surface area contributed by atoms with Crippen molar-refractivity contribution in [3.63, 3.8) is 0 Å². The molecule has 2 aliphatic heterocycles. The van der Waals surface area contributed by atoms with Crippen molar-refractivity contribution < 1.29 is 17.6 Å². The summed E-state index contributed by atoms with van der Waals surface area (Å²) in [6.07, 6.45) is 0.693. The number of carbonyl (C=O) groups is 1. The third-order valence-corrected chi connectivity index (χ3v) is 7.62. The monoisotopic (exact) mass is 370 g/mol. The second kappa shape index (κ2) is 6.48. The summed E-state index contributed by atoms with van der Waals surface area (Å²) in [5.41, 5.74) is 0.657. The van der Waals surface area contributed by atoms with Crippen LogP contribution in [0.5, 0.6) is 0 Å². The quantitative estimate of drug-likeness (QED) is 0.818. The van der Waals surface area contributed by atoms with E-state index in [2.05, 4.69) is 4.99 Å². The first kappa shape index (κ1) is 17.4. The van der Waals surface area contributed by atoms with Gasteiger partial charge in [-0.3, -0.25) is 4.79 Å². The van der Waals surface area contributed by atoms with Crippen molar-refractivity contribution in [2.24, 2.45) is 10.9 Å². The maximum Gasteiger partial charge on any atom is 0.250 e. The van der Waals surface area contributed by atoms with Crippen molar-refractivity contribution in [3.8, 4) is 0 Å². The number of halogens is 1. The Balaban J connectivity index is 1.98. The fourth-order valence-corrected chi connectivity index (χ4v) is 6.77. The largest absolute Gasteiger partial charge is 0.316 e. The predicted molar refractivity (Wildman–Crippen MR) is 94.6 cm³/mol. The van der Waals surface area contributed by atoms with Crippen LogP contribution in [-0.4, -0.2) is 42.3 Å². The molecular weight excluding hydrogens is 351 g/mol. The molecule has 0 unspecified atom stereocenters. The lowest BCUT2D eigenvalue weighted by Gasteiger charge is -2.24. The zero-order valence-corrected chi connectivity index (χ0v) is 15.1. The number of fused-ring (bicyclic) bond motifs is 1. The van der Waals surface area contributed by atoms with E-state index < -0.39 is 9.84 Å². The van der Waals surface area contributed by atoms with Gasteiger partial charge >= 0.3 is 0 Å². The lowest BCUT2D eigenvalue weighted by Crippen LogP contribution is -2.37. The van der Waals surface area contributed by atoms with Crippen LogP contribution in [0.25, 0.3) is 0 Å². The molecule has 0 saturated carbocycles. The molecule has 0 radical (unpaired) electrons. The number of rotatable bonds is 3. The van der Waals surface area contributed by atoms with Crippen molar-refractivity contribution in [1.82, 2.24) is 0 Å². The lowest BCUT2D eigenvalue weighted by atomic mass is 10.1. The van der Waals surface area contributed by atoms with Gasteiger partial charge in [-0.25, -0.2) is 12.8 Å². The van der Waals surface area contributed by atoms with Crippen LogP contribution in [0.15, 0.2) is 29.3 Å². The Morgan fingerprint density at radius 3 is 2.67 bits per heavy atom. The van der Waals surface area contributed by atoms with Gasteiger partial charge in [-0.2, -0.15) is 4.99 Å². The standard InChI is InChI=1S/C16H19FN2O3S2/c1-3-10(2)15(20)18-16-19(12-6-4-11(17)5-7-12)13-8-24(21,22)9-14(13)23-16/h4-7,10,13-14H,3,8-9H2,1-2H3/t10-,13-,14+/m0/s1. The second-order valence-corrected chi connectivity index (χ2v) is 9.55. The Morgan fingerprint density at radius 1 is 1.38 bits per heavy atom. The summed E-state index contributed by atoms with van der Waals surface area (Å²) in [6.45, 7) is 3.74. The first-order valence-electron chi connectivity index (χ1n) is 7.85. The molecule has 0 aromatic heterocycles. The fourth-order valence-electron chi connectivity index (χ4n) is 2.85. The zero-order valence-electron chi connectivity index (χ0n) is 13.5. The van der Waals surface area contributed by atoms with Gasteiger partial charge in [0.25, 0.3) is 5.91 Å². The number of benzene rings is 1. The molecule has 2 aliphatic rings. The summed E-state index contributed by atoms with van der Waals surface area (Å²) in [7, 11) is -3.10. The van der Waals surface area contributed by atoms with Gasteiger partial charge in [0, 0.05) is 16.9 Å². The first-order valence-corrected chi connectivity index (χ1v) is 10.5. The molecule has 24 heavy (non-hydrogen) atoms. The minimum absolute atomic E-state index is 0.0264. The lowest BCUT2D eigenvalue weighted by molar-refractivity contribution is -0.121. The van der Waals surface area contributed by atoms with E-state index in [4.69, 9.17) is 0 Å². The maximum atomic E-state index is 13.2. The van der Waals surface area contributed by atoms with E-state index in [0.29, 0.717) is 17.3 Å². The molecule has 5 nitrogen and oxygen atoms in total. The van der Waals surface area contributed by atoms with Crippen LogP contribution in [-0.2, 0) is 14.6 Å². The van der Waals surface area contributed by atoms with Crippen LogP contribution < -0.4 is 4.90 Å². The van der Waals surface area contributed by atoms with E-state index in [-0.39, 0.29) is 40.4 Å². The smallest absolute Gasteiger partial charge is 0.250 e. The summed E-state index contributed by atoms with van der Waals surface area (Å²) in [5, 5.41) is 0.361. The molecule has 0 spiro atoms. The van der Waals surface area contributed by atoms with E-state index in [1.165, 1.54) is 23.9 Å². The van der Waals surface area contributed by atoms with E-state index in [9.17, 15) is 17.6 Å². The number of aliphatic imine (C=N–C) groups is 1. The van der Waals surface area contributed by atoms with Gasteiger partial charge < -0.3 is 4.90 Å². The number of anilines is 1. The van der Waals surface area contributed by atoms with Gasteiger partial charge in [-0.1, -0.05) is 25.6 Å². The Hall–Kier alpha value is -1.41. The fraction of sp³-hybridized carbons (Fsp3) is 0.500. The summed E-state index contributed by atoms with van der Waals surface area (Å²) in [6, 6.07) is 5.56. The van der Waals surface area contributed by atoms with Crippen molar-refractivity contribution in [1.29, 1.82) is 0 Å². The third kappa shape index (κ3) is 3.35. The summed E-state index contributed by atoms with van der Waals surface area (Å²) >= 11 is 1.33. The Morgan fingerprint density at radius 2 is 2.04 bits per heavy atom. The Kier molecular flexibility index (Phi) is 4.70. The Bertz CT molecular complexity index is 777. The van der Waals surface area contributed by atoms with Crippen molar-refractivity contribution in [3.05, 3.63) is 30.1 Å². The number of hydrogen-bond acceptors (Lipinski definition) is 4. The van der Waals surface area contributed by atoms with Crippen LogP contribution in [0.3, 0.4) is 0 Å². The SMILES string of the molecule is CC[C@H](C)C(=O)N=C1S[C@@H]2CS(=O)(=O)C[C@@H]2N1c1ccc(F)cc1. The molecular formula is C16H19FN2O3S2. The van der Waals surface area contributed by atoms with Crippen molar-refractivity contribution >= 4 is 38.4 Å². The second-order valence-electron chi connectivity index (χ2n) is 6.19. The molecule has 1 amide bonds. The highest BCUT2D eigenvalue weighted by Crippen LogP contribution is 2.41. The number of nitrogens with zero attached hydrogens (tertiary/aromatic N) is 2. The molecule has 8 heteroatoms. The molecule has 2 heterocycles. The van der Waals surface area contributed by atoms with Gasteiger partial charge in [0.2, 0.25) is 0 Å². The molecule has 2 saturated heterocycles.